The topological polar surface area (TPSA) is 52.6 Å². The predicted molar refractivity (Wildman–Crippen MR) is 123 cm³/mol. The van der Waals surface area contributed by atoms with E-state index in [9.17, 15) is 9.90 Å². The van der Waals surface area contributed by atoms with Gasteiger partial charge in [-0.3, -0.25) is 4.79 Å². The number of allylic oxidation sites excluding steroid dienone is 2. The second-order valence-electron chi connectivity index (χ2n) is 8.69. The van der Waals surface area contributed by atoms with Gasteiger partial charge in [-0.15, -0.1) is 0 Å². The van der Waals surface area contributed by atoms with Crippen molar-refractivity contribution in [2.24, 2.45) is 5.92 Å². The SMILES string of the molecule is O=C(c1ccc2c(c1)C1C=CCC1C(c1cc(Br)ccc1O)N2)N1CCCCCC1. The van der Waals surface area contributed by atoms with Crippen LogP contribution in [0.1, 0.15) is 65.5 Å². The van der Waals surface area contributed by atoms with Crippen molar-refractivity contribution in [1.29, 1.82) is 0 Å². The maximum Gasteiger partial charge on any atom is 0.253 e. The first-order valence-electron chi connectivity index (χ1n) is 11.0. The molecule has 3 atom stereocenters. The lowest BCUT2D eigenvalue weighted by Gasteiger charge is -2.38. The van der Waals surface area contributed by atoms with Gasteiger partial charge in [-0.05, 0) is 67.1 Å². The van der Waals surface area contributed by atoms with Crippen molar-refractivity contribution in [2.75, 3.05) is 18.4 Å². The lowest BCUT2D eigenvalue weighted by molar-refractivity contribution is 0.0761. The number of likely N-dealkylation sites (tertiary alicyclic amines) is 1. The molecule has 3 aliphatic rings. The molecule has 1 fully saturated rings. The molecule has 2 heterocycles. The van der Waals surface area contributed by atoms with Crippen molar-refractivity contribution in [3.63, 3.8) is 0 Å². The summed E-state index contributed by atoms with van der Waals surface area (Å²) >= 11 is 3.54. The third-order valence-corrected chi connectivity index (χ3v) is 7.32. The summed E-state index contributed by atoms with van der Waals surface area (Å²) < 4.78 is 0.962. The number of rotatable bonds is 2. The van der Waals surface area contributed by atoms with Crippen molar-refractivity contribution >= 4 is 27.5 Å². The number of anilines is 1. The van der Waals surface area contributed by atoms with Crippen molar-refractivity contribution in [2.45, 2.75) is 44.1 Å². The van der Waals surface area contributed by atoms with Crippen LogP contribution in [0.25, 0.3) is 0 Å². The molecule has 0 bridgehead atoms. The van der Waals surface area contributed by atoms with Gasteiger partial charge in [0.05, 0.1) is 6.04 Å². The van der Waals surface area contributed by atoms with Crippen LogP contribution in [0.4, 0.5) is 5.69 Å². The van der Waals surface area contributed by atoms with Gasteiger partial charge in [-0.1, -0.05) is 40.9 Å². The molecule has 30 heavy (non-hydrogen) atoms. The van der Waals surface area contributed by atoms with Crippen LogP contribution in [0.15, 0.2) is 53.0 Å². The number of fused-ring (bicyclic) bond motifs is 3. The van der Waals surface area contributed by atoms with Gasteiger partial charge < -0.3 is 15.3 Å². The molecule has 2 aliphatic heterocycles. The van der Waals surface area contributed by atoms with Crippen molar-refractivity contribution in [3.05, 3.63) is 69.7 Å². The first-order chi connectivity index (χ1) is 14.6. The van der Waals surface area contributed by atoms with E-state index in [2.05, 4.69) is 39.5 Å². The van der Waals surface area contributed by atoms with E-state index in [4.69, 9.17) is 0 Å². The number of nitrogens with zero attached hydrogens (tertiary/aromatic N) is 1. The summed E-state index contributed by atoms with van der Waals surface area (Å²) in [5.41, 5.74) is 3.96. The molecule has 2 aromatic rings. The quantitative estimate of drug-likeness (QED) is 0.533. The number of phenols is 1. The highest BCUT2D eigenvalue weighted by Crippen LogP contribution is 2.51. The van der Waals surface area contributed by atoms with Gasteiger partial charge in [-0.25, -0.2) is 0 Å². The molecule has 156 valence electrons. The largest absolute Gasteiger partial charge is 0.508 e. The smallest absolute Gasteiger partial charge is 0.253 e. The zero-order chi connectivity index (χ0) is 20.7. The molecule has 0 spiro atoms. The normalized spacial score (nSPS) is 25.2. The van der Waals surface area contributed by atoms with E-state index >= 15 is 0 Å². The Kier molecular flexibility index (Phi) is 5.32. The summed E-state index contributed by atoms with van der Waals surface area (Å²) in [7, 11) is 0. The van der Waals surface area contributed by atoms with Gasteiger partial charge in [0.1, 0.15) is 5.75 Å². The number of aromatic hydroxyl groups is 1. The van der Waals surface area contributed by atoms with E-state index in [0.717, 1.165) is 53.6 Å². The lowest BCUT2D eigenvalue weighted by Crippen LogP contribution is -2.33. The Morgan fingerprint density at radius 3 is 2.63 bits per heavy atom. The third kappa shape index (κ3) is 3.53. The van der Waals surface area contributed by atoms with E-state index < -0.39 is 0 Å². The van der Waals surface area contributed by atoms with Gasteiger partial charge >= 0.3 is 0 Å². The number of amides is 1. The molecule has 3 unspecified atom stereocenters. The Morgan fingerprint density at radius 1 is 1.03 bits per heavy atom. The van der Waals surface area contributed by atoms with Gasteiger partial charge in [0.2, 0.25) is 0 Å². The molecule has 1 amide bonds. The van der Waals surface area contributed by atoms with E-state index in [0.29, 0.717) is 11.7 Å². The van der Waals surface area contributed by atoms with Crippen LogP contribution < -0.4 is 5.32 Å². The Balaban J connectivity index is 1.48. The minimum atomic E-state index is 0.0298. The number of hydrogen-bond donors (Lipinski definition) is 2. The van der Waals surface area contributed by atoms with Crippen molar-refractivity contribution in [3.8, 4) is 5.75 Å². The van der Waals surface area contributed by atoms with Gasteiger partial charge in [0.25, 0.3) is 5.91 Å². The monoisotopic (exact) mass is 466 g/mol. The standard InChI is InChI=1S/C25H27BrN2O2/c26-17-9-11-23(29)21(15-17)24-19-7-5-6-18(19)20-14-16(8-10-22(20)27-24)25(30)28-12-3-1-2-4-13-28/h5-6,8-11,14-15,18-19,24,27,29H,1-4,7,12-13H2. The highest BCUT2D eigenvalue weighted by atomic mass is 79.9. The number of carbonyl (C=O) groups excluding carboxylic acids is 1. The number of carbonyl (C=O) groups is 1. The highest BCUT2D eigenvalue weighted by molar-refractivity contribution is 9.10. The summed E-state index contributed by atoms with van der Waals surface area (Å²) in [4.78, 5) is 15.2. The number of phenolic OH excluding ortho intramolecular Hbond substituents is 1. The molecular weight excluding hydrogens is 440 g/mol. The van der Waals surface area contributed by atoms with Crippen molar-refractivity contribution in [1.82, 2.24) is 4.90 Å². The first-order valence-corrected chi connectivity index (χ1v) is 11.8. The molecule has 1 saturated heterocycles. The Labute approximate surface area is 186 Å². The minimum Gasteiger partial charge on any atom is -0.508 e. The maximum atomic E-state index is 13.1. The molecule has 0 saturated carbocycles. The molecule has 2 aromatic carbocycles. The summed E-state index contributed by atoms with van der Waals surface area (Å²) in [6, 6.07) is 11.7. The van der Waals surface area contributed by atoms with Crippen LogP contribution >= 0.6 is 15.9 Å². The fourth-order valence-electron chi connectivity index (χ4n) is 5.27. The van der Waals surface area contributed by atoms with Crippen LogP contribution in [0.5, 0.6) is 5.75 Å². The maximum absolute atomic E-state index is 13.1. The zero-order valence-corrected chi connectivity index (χ0v) is 18.6. The van der Waals surface area contributed by atoms with Crippen LogP contribution in [-0.2, 0) is 0 Å². The second kappa shape index (κ2) is 8.10. The number of nitrogens with one attached hydrogen (secondary N) is 1. The Morgan fingerprint density at radius 2 is 1.83 bits per heavy atom. The lowest BCUT2D eigenvalue weighted by atomic mass is 9.76. The molecule has 0 radical (unpaired) electrons. The molecule has 2 N–H and O–H groups in total. The molecule has 5 heteroatoms. The van der Waals surface area contributed by atoms with Crippen LogP contribution in [0.2, 0.25) is 0 Å². The number of benzene rings is 2. The fourth-order valence-corrected chi connectivity index (χ4v) is 5.64. The predicted octanol–water partition coefficient (Wildman–Crippen LogP) is 6.00. The van der Waals surface area contributed by atoms with E-state index in [1.165, 1.54) is 18.4 Å². The second-order valence-corrected chi connectivity index (χ2v) is 9.60. The molecule has 1 aliphatic carbocycles. The summed E-state index contributed by atoms with van der Waals surface area (Å²) in [6.07, 6.45) is 10.1. The van der Waals surface area contributed by atoms with Gasteiger partial charge in [-0.2, -0.15) is 0 Å². The molecule has 0 aromatic heterocycles. The average Bonchev–Trinajstić information content (AvgIpc) is 3.10. The zero-order valence-electron chi connectivity index (χ0n) is 17.0. The van der Waals surface area contributed by atoms with Crippen LogP contribution in [0, 0.1) is 5.92 Å². The van der Waals surface area contributed by atoms with E-state index in [-0.39, 0.29) is 17.9 Å². The summed E-state index contributed by atoms with van der Waals surface area (Å²) in [5.74, 6) is 1.05. The Bertz CT molecular complexity index is 995. The highest BCUT2D eigenvalue weighted by Gasteiger charge is 2.39. The fraction of sp³-hybridized carbons (Fsp3) is 0.400. The van der Waals surface area contributed by atoms with Gasteiger partial charge in [0, 0.05) is 40.3 Å². The van der Waals surface area contributed by atoms with Crippen LogP contribution in [0.3, 0.4) is 0 Å². The average molecular weight is 467 g/mol. The first kappa shape index (κ1) is 19.7. The van der Waals surface area contributed by atoms with Crippen LogP contribution in [-0.4, -0.2) is 29.0 Å². The summed E-state index contributed by atoms with van der Waals surface area (Å²) in [6.45, 7) is 1.73. The van der Waals surface area contributed by atoms with Gasteiger partial charge in [0.15, 0.2) is 0 Å². The molecule has 4 nitrogen and oxygen atoms in total. The molecule has 5 rings (SSSR count). The number of halogens is 1. The Hall–Kier alpha value is -2.27. The minimum absolute atomic E-state index is 0.0298. The van der Waals surface area contributed by atoms with Crippen molar-refractivity contribution < 1.29 is 9.90 Å². The number of hydrogen-bond acceptors (Lipinski definition) is 3. The van der Waals surface area contributed by atoms with E-state index in [1.807, 2.05) is 29.2 Å². The third-order valence-electron chi connectivity index (χ3n) is 6.83. The summed E-state index contributed by atoms with van der Waals surface area (Å²) in [5, 5.41) is 14.2. The van der Waals surface area contributed by atoms with E-state index in [1.54, 1.807) is 6.07 Å². The molecular formula is C25H27BrN2O2.